The van der Waals surface area contributed by atoms with Gasteiger partial charge in [0.15, 0.2) is 0 Å². The van der Waals surface area contributed by atoms with Gasteiger partial charge in [-0.3, -0.25) is 9.59 Å². The molecule has 0 unspecified atom stereocenters. The van der Waals surface area contributed by atoms with E-state index in [4.69, 9.17) is 40.9 Å². The monoisotopic (exact) mass is 675 g/mol. The minimum absolute atomic E-state index is 0. The van der Waals surface area contributed by atoms with Gasteiger partial charge in [0.2, 0.25) is 11.8 Å². The summed E-state index contributed by atoms with van der Waals surface area (Å²) in [5.74, 6) is -0.265. The smallest absolute Gasteiger partial charge is 0.219 e. The number of phenolic OH excluding ortho intramolecular Hbond substituents is 4. The van der Waals surface area contributed by atoms with Crippen LogP contribution in [0.15, 0.2) is 78.9 Å². The Morgan fingerprint density at radius 2 is 0.854 bits per heavy atom. The second-order valence-corrected chi connectivity index (χ2v) is 9.34. The molecule has 48 heavy (non-hydrogen) atoms. The van der Waals surface area contributed by atoms with E-state index >= 15 is 0 Å². The zero-order valence-corrected chi connectivity index (χ0v) is 26.8. The van der Waals surface area contributed by atoms with Gasteiger partial charge in [-0.15, -0.1) is 0 Å². The van der Waals surface area contributed by atoms with Crippen molar-refractivity contribution in [2.24, 2.45) is 0 Å². The molecule has 0 heterocycles. The predicted molar refractivity (Wildman–Crippen MR) is 175 cm³/mol. The number of benzene rings is 4. The zero-order chi connectivity index (χ0) is 36.1. The number of rotatable bonds is 4. The van der Waals surface area contributed by atoms with Gasteiger partial charge in [-0.2, -0.15) is 0 Å². The molecule has 0 aliphatic heterocycles. The molecular weight excluding hydrogens is 632 g/mol. The Balaban J connectivity index is 0. The van der Waals surface area contributed by atoms with Crippen LogP contribution in [-0.4, -0.2) is 87.4 Å². The Labute approximate surface area is 277 Å². The molecule has 0 atom stereocenters. The second-order valence-electron chi connectivity index (χ2n) is 9.34. The largest absolute Gasteiger partial charge is 0.870 e. The lowest BCUT2D eigenvalue weighted by Crippen LogP contribution is -2.23. The van der Waals surface area contributed by atoms with Crippen LogP contribution in [0.5, 0.6) is 46.0 Å². The molecule has 0 aliphatic rings. The number of hydrogen-bond donors (Lipinski definition) is 11. The van der Waals surface area contributed by atoms with Gasteiger partial charge in [-0.25, -0.2) is 0 Å². The molecular formula is C33H43N2O13-. The van der Waals surface area contributed by atoms with E-state index in [0.29, 0.717) is 5.56 Å². The number of nitrogens with zero attached hydrogens (tertiary/aromatic N) is 1. The Hall–Kier alpha value is -5.90. The van der Waals surface area contributed by atoms with Crippen molar-refractivity contribution in [1.82, 2.24) is 10.2 Å². The van der Waals surface area contributed by atoms with Crippen LogP contribution in [0.2, 0.25) is 0 Å². The van der Waals surface area contributed by atoms with Crippen LogP contribution in [0.1, 0.15) is 30.5 Å². The third-order valence-corrected chi connectivity index (χ3v) is 5.81. The van der Waals surface area contributed by atoms with Crippen LogP contribution in [0.25, 0.3) is 0 Å². The Kier molecular flexibility index (Phi) is 21.6. The van der Waals surface area contributed by atoms with Crippen molar-refractivity contribution >= 4 is 11.8 Å². The fourth-order valence-corrected chi connectivity index (χ4v) is 3.02. The van der Waals surface area contributed by atoms with Crippen LogP contribution in [0.4, 0.5) is 0 Å². The summed E-state index contributed by atoms with van der Waals surface area (Å²) >= 11 is 0. The molecule has 12 N–H and O–H groups in total. The van der Waals surface area contributed by atoms with E-state index < -0.39 is 0 Å². The van der Waals surface area contributed by atoms with Gasteiger partial charge >= 0.3 is 0 Å². The highest BCUT2D eigenvalue weighted by Gasteiger charge is 2.11. The number of aliphatic hydroxyl groups is 2. The summed E-state index contributed by atoms with van der Waals surface area (Å²) in [5.41, 5.74) is 0.704. The Morgan fingerprint density at radius 1 is 0.583 bits per heavy atom. The summed E-state index contributed by atoms with van der Waals surface area (Å²) in [6.07, 6.45) is 0. The van der Waals surface area contributed by atoms with E-state index in [1.807, 2.05) is 0 Å². The van der Waals surface area contributed by atoms with Gasteiger partial charge in [0.25, 0.3) is 0 Å². The number of carbonyl (C=O) groups is 2. The SMILES string of the molecule is CC(=O)N(C)Cc1c(O)cccc1O.CNC(C)=O.OCc1c(O)cccc1O.OCc1c(O)cccc1O.Oc1cccc(O)c1.[OH-]. The molecule has 0 aliphatic carbocycles. The molecule has 4 aromatic carbocycles. The summed E-state index contributed by atoms with van der Waals surface area (Å²) in [4.78, 5) is 22.0. The topological polar surface area (TPSA) is 282 Å². The molecule has 0 aromatic heterocycles. The number of hydrogen-bond acceptors (Lipinski definition) is 13. The lowest BCUT2D eigenvalue weighted by Gasteiger charge is -2.16. The standard InChI is InChI=1S/C10H13NO3.2C7H8O3.C6H6O2.C3H7NO.H2O/c1-7(12)11(2)6-8-9(13)4-3-5-10(8)14;2*8-4-5-6(9)2-1-3-7(5)10;7-5-2-1-3-6(8)4-5;1-3(5)4-2;/h3-5,13-14H,6H2,1-2H3;2*1-3,8-10H,4H2;1-4,7-8H;1-2H3,(H,4,5);1H2/p-1. The van der Waals surface area contributed by atoms with E-state index in [9.17, 15) is 19.8 Å². The number of phenols is 8. The van der Waals surface area contributed by atoms with Gasteiger partial charge in [0.1, 0.15) is 46.0 Å². The van der Waals surface area contributed by atoms with Crippen molar-refractivity contribution in [1.29, 1.82) is 0 Å². The fourth-order valence-electron chi connectivity index (χ4n) is 3.02. The Bertz CT molecular complexity index is 1420. The number of aliphatic hydroxyl groups excluding tert-OH is 2. The quantitative estimate of drug-likeness (QED) is 0.149. The second kappa shape index (κ2) is 23.4. The molecule has 4 aromatic rings. The number of aromatic hydroxyl groups is 8. The van der Waals surface area contributed by atoms with Gasteiger partial charge in [0, 0.05) is 34.0 Å². The third kappa shape index (κ3) is 17.0. The molecule has 15 heteroatoms. The van der Waals surface area contributed by atoms with E-state index in [2.05, 4.69) is 5.32 Å². The first-order valence-electron chi connectivity index (χ1n) is 13.7. The average Bonchev–Trinajstić information content (AvgIpc) is 3.00. The molecule has 2 amide bonds. The van der Waals surface area contributed by atoms with Crippen LogP contribution in [-0.2, 0) is 29.3 Å². The summed E-state index contributed by atoms with van der Waals surface area (Å²) in [6.45, 7) is 2.40. The molecule has 15 nitrogen and oxygen atoms in total. The zero-order valence-electron chi connectivity index (χ0n) is 26.8. The van der Waals surface area contributed by atoms with E-state index in [1.165, 1.54) is 85.5 Å². The van der Waals surface area contributed by atoms with E-state index in [0.717, 1.165) is 0 Å². The van der Waals surface area contributed by atoms with Crippen LogP contribution < -0.4 is 5.32 Å². The lowest BCUT2D eigenvalue weighted by atomic mass is 10.1. The Morgan fingerprint density at radius 3 is 1.04 bits per heavy atom. The van der Waals surface area contributed by atoms with Gasteiger partial charge < -0.3 is 66.8 Å². The third-order valence-electron chi connectivity index (χ3n) is 5.81. The van der Waals surface area contributed by atoms with Crippen molar-refractivity contribution in [2.45, 2.75) is 33.6 Å². The maximum atomic E-state index is 10.9. The van der Waals surface area contributed by atoms with Crippen LogP contribution >= 0.6 is 0 Å². The molecule has 0 spiro atoms. The minimum Gasteiger partial charge on any atom is -0.870 e. The number of nitrogens with one attached hydrogen (secondary N) is 1. The summed E-state index contributed by atoms with van der Waals surface area (Å²) in [6, 6.07) is 19.0. The highest BCUT2D eigenvalue weighted by Crippen LogP contribution is 2.28. The molecule has 264 valence electrons. The van der Waals surface area contributed by atoms with Crippen molar-refractivity contribution in [3.05, 3.63) is 95.6 Å². The lowest BCUT2D eigenvalue weighted by molar-refractivity contribution is -0.128. The molecule has 0 saturated carbocycles. The maximum Gasteiger partial charge on any atom is 0.219 e. The fraction of sp³-hybridized carbons (Fsp3) is 0.212. The van der Waals surface area contributed by atoms with Crippen LogP contribution in [0.3, 0.4) is 0 Å². The van der Waals surface area contributed by atoms with Crippen molar-refractivity contribution < 1.29 is 66.1 Å². The van der Waals surface area contributed by atoms with Gasteiger partial charge in [0.05, 0.1) is 36.4 Å². The average molecular weight is 676 g/mol. The first kappa shape index (κ1) is 44.2. The summed E-state index contributed by atoms with van der Waals surface area (Å²) < 4.78 is 0. The van der Waals surface area contributed by atoms with Crippen molar-refractivity contribution in [2.75, 3.05) is 14.1 Å². The highest BCUT2D eigenvalue weighted by molar-refractivity contribution is 5.73. The number of amides is 2. The summed E-state index contributed by atoms with van der Waals surface area (Å²) in [7, 11) is 3.20. The molecule has 4 rings (SSSR count). The molecule has 0 bridgehead atoms. The molecule has 0 fully saturated rings. The van der Waals surface area contributed by atoms with Gasteiger partial charge in [-0.1, -0.05) is 24.3 Å². The van der Waals surface area contributed by atoms with Crippen LogP contribution in [0, 0.1) is 0 Å². The number of carbonyl (C=O) groups excluding carboxylic acids is 2. The molecule has 0 radical (unpaired) electrons. The predicted octanol–water partition coefficient (Wildman–Crippen LogP) is 2.93. The summed E-state index contributed by atoms with van der Waals surface area (Å²) in [5, 5.41) is 91.6. The highest BCUT2D eigenvalue weighted by atomic mass is 16.3. The first-order valence-corrected chi connectivity index (χ1v) is 13.7. The van der Waals surface area contributed by atoms with E-state index in [-0.39, 0.29) is 94.2 Å². The van der Waals surface area contributed by atoms with Crippen molar-refractivity contribution in [3.8, 4) is 46.0 Å². The molecule has 0 saturated heterocycles. The van der Waals surface area contributed by atoms with E-state index in [1.54, 1.807) is 26.2 Å². The van der Waals surface area contributed by atoms with Crippen molar-refractivity contribution in [3.63, 3.8) is 0 Å². The minimum atomic E-state index is -0.349. The van der Waals surface area contributed by atoms with Gasteiger partial charge in [-0.05, 0) is 48.5 Å². The normalized spacial score (nSPS) is 9.12. The first-order chi connectivity index (χ1) is 22.1. The maximum absolute atomic E-state index is 10.9.